The number of thiophene rings is 1. The molecule has 0 spiro atoms. The third-order valence-electron chi connectivity index (χ3n) is 2.48. The Morgan fingerprint density at radius 1 is 1.44 bits per heavy atom. The maximum absolute atomic E-state index is 13.7. The van der Waals surface area contributed by atoms with Crippen molar-refractivity contribution in [1.82, 2.24) is 0 Å². The van der Waals surface area contributed by atoms with Crippen molar-refractivity contribution in [2.24, 2.45) is 0 Å². The molecule has 1 unspecified atom stereocenters. The van der Waals surface area contributed by atoms with E-state index >= 15 is 0 Å². The van der Waals surface area contributed by atoms with Crippen LogP contribution in [0.15, 0.2) is 34.1 Å². The fourth-order valence-electron chi connectivity index (χ4n) is 1.56. The standard InChI is InChI=1S/C13H10BrFN2S/c1-8(13-5-10(14)7-18-13)17-12-3-2-9(6-16)4-11(12)15/h2-5,7-8,17H,1H3. The molecular formula is C13H10BrFN2S. The molecule has 2 rings (SSSR count). The highest BCUT2D eigenvalue weighted by Gasteiger charge is 2.10. The molecule has 18 heavy (non-hydrogen) atoms. The Morgan fingerprint density at radius 3 is 2.78 bits per heavy atom. The summed E-state index contributed by atoms with van der Waals surface area (Å²) in [5.74, 6) is -0.406. The van der Waals surface area contributed by atoms with E-state index in [0.717, 1.165) is 9.35 Å². The van der Waals surface area contributed by atoms with E-state index in [-0.39, 0.29) is 6.04 Å². The summed E-state index contributed by atoms with van der Waals surface area (Å²) in [4.78, 5) is 1.12. The molecular weight excluding hydrogens is 315 g/mol. The third kappa shape index (κ3) is 2.89. The van der Waals surface area contributed by atoms with Gasteiger partial charge in [0.05, 0.1) is 23.4 Å². The lowest BCUT2D eigenvalue weighted by Crippen LogP contribution is -2.06. The van der Waals surface area contributed by atoms with Crippen molar-refractivity contribution >= 4 is 33.0 Å². The average molecular weight is 325 g/mol. The molecule has 0 saturated carbocycles. The fourth-order valence-corrected chi connectivity index (χ4v) is 3.01. The number of rotatable bonds is 3. The van der Waals surface area contributed by atoms with Gasteiger partial charge in [0.2, 0.25) is 0 Å². The lowest BCUT2D eigenvalue weighted by atomic mass is 10.2. The Bertz CT molecular complexity index is 603. The Balaban J connectivity index is 2.17. The van der Waals surface area contributed by atoms with Crippen molar-refractivity contribution in [3.63, 3.8) is 0 Å². The summed E-state index contributed by atoms with van der Waals surface area (Å²) in [6.07, 6.45) is 0. The second-order valence-electron chi connectivity index (χ2n) is 3.84. The lowest BCUT2D eigenvalue weighted by molar-refractivity contribution is 0.627. The second kappa shape index (κ2) is 5.51. The molecule has 0 bridgehead atoms. The molecule has 0 saturated heterocycles. The first-order chi connectivity index (χ1) is 8.60. The average Bonchev–Trinajstić information content (AvgIpc) is 2.78. The minimum absolute atomic E-state index is 0.0173. The van der Waals surface area contributed by atoms with Crippen molar-refractivity contribution in [2.75, 3.05) is 5.32 Å². The topological polar surface area (TPSA) is 35.8 Å². The third-order valence-corrected chi connectivity index (χ3v) is 4.36. The van der Waals surface area contributed by atoms with Gasteiger partial charge in [0, 0.05) is 14.7 Å². The van der Waals surface area contributed by atoms with Gasteiger partial charge in [-0.05, 0) is 47.1 Å². The Morgan fingerprint density at radius 2 is 2.22 bits per heavy atom. The van der Waals surface area contributed by atoms with Crippen LogP contribution in [0.5, 0.6) is 0 Å². The van der Waals surface area contributed by atoms with Crippen LogP contribution in [-0.2, 0) is 0 Å². The number of hydrogen-bond donors (Lipinski definition) is 1. The second-order valence-corrected chi connectivity index (χ2v) is 5.70. The smallest absolute Gasteiger partial charge is 0.147 e. The van der Waals surface area contributed by atoms with Crippen molar-refractivity contribution in [2.45, 2.75) is 13.0 Å². The minimum atomic E-state index is -0.406. The molecule has 0 aliphatic heterocycles. The number of nitrogens with one attached hydrogen (secondary N) is 1. The highest BCUT2D eigenvalue weighted by molar-refractivity contribution is 9.10. The van der Waals surface area contributed by atoms with Gasteiger partial charge in [0.1, 0.15) is 5.82 Å². The molecule has 0 aliphatic rings. The van der Waals surface area contributed by atoms with Crippen LogP contribution >= 0.6 is 27.3 Å². The summed E-state index contributed by atoms with van der Waals surface area (Å²) in [5, 5.41) is 13.8. The summed E-state index contributed by atoms with van der Waals surface area (Å²) < 4.78 is 14.7. The van der Waals surface area contributed by atoms with E-state index < -0.39 is 5.82 Å². The summed E-state index contributed by atoms with van der Waals surface area (Å²) in [5.41, 5.74) is 0.732. The number of nitriles is 1. The van der Waals surface area contributed by atoms with Crippen LogP contribution in [0.1, 0.15) is 23.4 Å². The molecule has 0 radical (unpaired) electrons. The molecule has 1 aromatic carbocycles. The number of hydrogen-bond acceptors (Lipinski definition) is 3. The van der Waals surface area contributed by atoms with E-state index in [2.05, 4.69) is 21.2 Å². The summed E-state index contributed by atoms with van der Waals surface area (Å²) in [7, 11) is 0. The fraction of sp³-hybridized carbons (Fsp3) is 0.154. The number of halogens is 2. The van der Waals surface area contributed by atoms with Crippen LogP contribution in [0.25, 0.3) is 0 Å². The highest BCUT2D eigenvalue weighted by Crippen LogP contribution is 2.28. The molecule has 1 aromatic heterocycles. The number of nitrogens with zero attached hydrogens (tertiary/aromatic N) is 1. The summed E-state index contributed by atoms with van der Waals surface area (Å²) in [6.45, 7) is 1.97. The normalized spacial score (nSPS) is 11.9. The van der Waals surface area contributed by atoms with Crippen LogP contribution in [0, 0.1) is 17.1 Å². The molecule has 1 heterocycles. The van der Waals surface area contributed by atoms with Gasteiger partial charge in [0.25, 0.3) is 0 Å². The van der Waals surface area contributed by atoms with Gasteiger partial charge < -0.3 is 5.32 Å². The summed E-state index contributed by atoms with van der Waals surface area (Å²) >= 11 is 5.00. The van der Waals surface area contributed by atoms with Crippen LogP contribution < -0.4 is 5.32 Å². The van der Waals surface area contributed by atoms with E-state index in [9.17, 15) is 4.39 Å². The monoisotopic (exact) mass is 324 g/mol. The van der Waals surface area contributed by atoms with Gasteiger partial charge in [-0.3, -0.25) is 0 Å². The quantitative estimate of drug-likeness (QED) is 0.888. The van der Waals surface area contributed by atoms with Gasteiger partial charge in [-0.25, -0.2) is 4.39 Å². The zero-order valence-electron chi connectivity index (χ0n) is 9.58. The first-order valence-electron chi connectivity index (χ1n) is 5.30. The van der Waals surface area contributed by atoms with Gasteiger partial charge in [-0.1, -0.05) is 0 Å². The van der Waals surface area contributed by atoms with Gasteiger partial charge in [0.15, 0.2) is 0 Å². The number of anilines is 1. The van der Waals surface area contributed by atoms with Gasteiger partial charge in [-0.2, -0.15) is 5.26 Å². The first kappa shape index (κ1) is 13.1. The molecule has 0 aliphatic carbocycles. The van der Waals surface area contributed by atoms with E-state index in [0.29, 0.717) is 11.3 Å². The molecule has 1 atom stereocenters. The molecule has 0 fully saturated rings. The minimum Gasteiger partial charge on any atom is -0.375 e. The molecule has 2 aromatic rings. The molecule has 92 valence electrons. The predicted molar refractivity (Wildman–Crippen MR) is 75.2 cm³/mol. The van der Waals surface area contributed by atoms with Crippen LogP contribution in [0.2, 0.25) is 0 Å². The van der Waals surface area contributed by atoms with Crippen molar-refractivity contribution in [3.8, 4) is 6.07 Å². The van der Waals surface area contributed by atoms with Crippen LogP contribution in [-0.4, -0.2) is 0 Å². The van der Waals surface area contributed by atoms with E-state index in [1.165, 1.54) is 6.07 Å². The van der Waals surface area contributed by atoms with Crippen molar-refractivity contribution in [3.05, 3.63) is 50.4 Å². The van der Waals surface area contributed by atoms with Crippen molar-refractivity contribution in [1.29, 1.82) is 5.26 Å². The lowest BCUT2D eigenvalue weighted by Gasteiger charge is -2.14. The zero-order chi connectivity index (χ0) is 13.1. The molecule has 2 nitrogen and oxygen atoms in total. The number of benzene rings is 1. The Kier molecular flexibility index (Phi) is 4.00. The maximum Gasteiger partial charge on any atom is 0.147 e. The first-order valence-corrected chi connectivity index (χ1v) is 6.97. The summed E-state index contributed by atoms with van der Waals surface area (Å²) in [6, 6.07) is 8.36. The largest absolute Gasteiger partial charge is 0.375 e. The van der Waals surface area contributed by atoms with Crippen LogP contribution in [0.3, 0.4) is 0 Å². The predicted octanol–water partition coefficient (Wildman–Crippen LogP) is 4.69. The maximum atomic E-state index is 13.7. The highest BCUT2D eigenvalue weighted by atomic mass is 79.9. The molecule has 0 amide bonds. The van der Waals surface area contributed by atoms with Crippen LogP contribution in [0.4, 0.5) is 10.1 Å². The molecule has 1 N–H and O–H groups in total. The van der Waals surface area contributed by atoms with E-state index in [1.807, 2.05) is 24.4 Å². The van der Waals surface area contributed by atoms with E-state index in [1.54, 1.807) is 23.5 Å². The van der Waals surface area contributed by atoms with Crippen molar-refractivity contribution < 1.29 is 4.39 Å². The van der Waals surface area contributed by atoms with E-state index in [4.69, 9.17) is 5.26 Å². The molecule has 5 heteroatoms. The Labute approximate surface area is 117 Å². The zero-order valence-corrected chi connectivity index (χ0v) is 12.0. The Hall–Kier alpha value is -1.38. The van der Waals surface area contributed by atoms with Gasteiger partial charge in [-0.15, -0.1) is 11.3 Å². The SMILES string of the molecule is CC(Nc1ccc(C#N)cc1F)c1cc(Br)cs1. The van der Waals surface area contributed by atoms with Gasteiger partial charge >= 0.3 is 0 Å².